The molecule has 110 valence electrons. The van der Waals surface area contributed by atoms with Gasteiger partial charge >= 0.3 is 0 Å². The van der Waals surface area contributed by atoms with Crippen molar-refractivity contribution in [1.29, 1.82) is 0 Å². The molecule has 0 saturated heterocycles. The van der Waals surface area contributed by atoms with Crippen molar-refractivity contribution in [3.8, 4) is 5.75 Å². The molecule has 2 N–H and O–H groups in total. The van der Waals surface area contributed by atoms with E-state index in [0.717, 1.165) is 0 Å². The smallest absolute Gasteiger partial charge is 0.257 e. The number of carbonyl (C=O) groups excluding carboxylic acids is 1. The summed E-state index contributed by atoms with van der Waals surface area (Å²) in [5, 5.41) is 5.69. The van der Waals surface area contributed by atoms with Crippen LogP contribution < -0.4 is 15.4 Å². The number of hydrogen-bond acceptors (Lipinski definition) is 3. The van der Waals surface area contributed by atoms with E-state index in [1.807, 2.05) is 0 Å². The quantitative estimate of drug-likeness (QED) is 0.903. The van der Waals surface area contributed by atoms with E-state index in [1.165, 1.54) is 25.3 Å². The van der Waals surface area contributed by atoms with Crippen molar-refractivity contribution < 1.29 is 13.9 Å². The lowest BCUT2D eigenvalue weighted by Gasteiger charge is -2.12. The van der Waals surface area contributed by atoms with E-state index in [2.05, 4.69) is 10.6 Å². The fourth-order valence-electron chi connectivity index (χ4n) is 1.88. The van der Waals surface area contributed by atoms with Crippen LogP contribution >= 0.6 is 11.6 Å². The molecule has 0 atom stereocenters. The number of methoxy groups -OCH3 is 1. The monoisotopic (exact) mass is 308 g/mol. The first-order valence-electron chi connectivity index (χ1n) is 6.18. The van der Waals surface area contributed by atoms with Crippen molar-refractivity contribution in [3.63, 3.8) is 0 Å². The zero-order valence-electron chi connectivity index (χ0n) is 11.5. The molecule has 0 aromatic heterocycles. The Balaban J connectivity index is 2.32. The number of para-hydroxylation sites is 1. The van der Waals surface area contributed by atoms with E-state index in [0.29, 0.717) is 16.5 Å². The highest BCUT2D eigenvalue weighted by molar-refractivity contribution is 6.34. The molecule has 4 nitrogen and oxygen atoms in total. The molecule has 0 unspecified atom stereocenters. The predicted molar refractivity (Wildman–Crippen MR) is 81.9 cm³/mol. The van der Waals surface area contributed by atoms with Crippen LogP contribution in [0, 0.1) is 5.82 Å². The van der Waals surface area contributed by atoms with Crippen LogP contribution in [0.2, 0.25) is 5.02 Å². The third-order valence-corrected chi connectivity index (χ3v) is 3.26. The topological polar surface area (TPSA) is 50.4 Å². The Morgan fingerprint density at radius 2 is 2.05 bits per heavy atom. The largest absolute Gasteiger partial charge is 0.497 e. The number of hydrogen-bond donors (Lipinski definition) is 2. The molecule has 6 heteroatoms. The first kappa shape index (κ1) is 15.1. The van der Waals surface area contributed by atoms with Crippen molar-refractivity contribution in [2.24, 2.45) is 0 Å². The number of nitrogens with one attached hydrogen (secondary N) is 2. The van der Waals surface area contributed by atoms with E-state index in [9.17, 15) is 9.18 Å². The summed E-state index contributed by atoms with van der Waals surface area (Å²) in [6, 6.07) is 9.16. The minimum absolute atomic E-state index is 0.133. The van der Waals surface area contributed by atoms with Crippen LogP contribution in [0.25, 0.3) is 0 Å². The van der Waals surface area contributed by atoms with Crippen molar-refractivity contribution in [1.82, 2.24) is 0 Å². The van der Waals surface area contributed by atoms with E-state index in [1.54, 1.807) is 25.2 Å². The maximum absolute atomic E-state index is 13.7. The fourth-order valence-corrected chi connectivity index (χ4v) is 2.05. The fraction of sp³-hybridized carbons (Fsp3) is 0.133. The van der Waals surface area contributed by atoms with Crippen LogP contribution in [0.1, 0.15) is 10.4 Å². The summed E-state index contributed by atoms with van der Waals surface area (Å²) in [6.45, 7) is 0. The molecule has 21 heavy (non-hydrogen) atoms. The SMILES string of the molecule is CNc1c(F)cccc1C(=O)Nc1cc(OC)ccc1Cl. The summed E-state index contributed by atoms with van der Waals surface area (Å²) in [7, 11) is 3.06. The van der Waals surface area contributed by atoms with Crippen LogP contribution in [-0.4, -0.2) is 20.1 Å². The van der Waals surface area contributed by atoms with Gasteiger partial charge in [-0.05, 0) is 24.3 Å². The number of benzene rings is 2. The van der Waals surface area contributed by atoms with Gasteiger partial charge in [0.1, 0.15) is 11.6 Å². The van der Waals surface area contributed by atoms with E-state index < -0.39 is 11.7 Å². The molecular formula is C15H14ClFN2O2. The Morgan fingerprint density at radius 3 is 2.71 bits per heavy atom. The first-order chi connectivity index (χ1) is 10.1. The summed E-state index contributed by atoms with van der Waals surface area (Å²) in [6.07, 6.45) is 0. The minimum atomic E-state index is -0.498. The standard InChI is InChI=1S/C15H14ClFN2O2/c1-18-14-10(4-3-5-12(14)17)15(20)19-13-8-9(21-2)6-7-11(13)16/h3-8,18H,1-2H3,(H,19,20). The zero-order chi connectivity index (χ0) is 15.4. The summed E-state index contributed by atoms with van der Waals surface area (Å²) >= 11 is 6.03. The predicted octanol–water partition coefficient (Wildman–Crippen LogP) is 3.78. The molecule has 1 amide bonds. The van der Waals surface area contributed by atoms with Gasteiger partial charge in [0.05, 0.1) is 29.1 Å². The Kier molecular flexibility index (Phi) is 4.65. The molecular weight excluding hydrogens is 295 g/mol. The third-order valence-electron chi connectivity index (χ3n) is 2.93. The van der Waals surface area contributed by atoms with Gasteiger partial charge in [-0.2, -0.15) is 0 Å². The molecule has 0 spiro atoms. The van der Waals surface area contributed by atoms with Crippen LogP contribution in [0.15, 0.2) is 36.4 Å². The third kappa shape index (κ3) is 3.25. The van der Waals surface area contributed by atoms with Crippen LogP contribution in [0.3, 0.4) is 0 Å². The van der Waals surface area contributed by atoms with Crippen molar-refractivity contribution in [3.05, 3.63) is 52.8 Å². The second kappa shape index (κ2) is 6.45. The average molecular weight is 309 g/mol. The van der Waals surface area contributed by atoms with Crippen LogP contribution in [-0.2, 0) is 0 Å². The van der Waals surface area contributed by atoms with Crippen LogP contribution in [0.5, 0.6) is 5.75 Å². The summed E-state index contributed by atoms with van der Waals surface area (Å²) in [5.74, 6) is -0.404. The Labute approximate surface area is 126 Å². The maximum atomic E-state index is 13.7. The van der Waals surface area contributed by atoms with Gasteiger partial charge in [0.25, 0.3) is 5.91 Å². The van der Waals surface area contributed by atoms with Gasteiger partial charge in [-0.3, -0.25) is 4.79 Å². The van der Waals surface area contributed by atoms with E-state index >= 15 is 0 Å². The number of amides is 1. The van der Waals surface area contributed by atoms with E-state index in [-0.39, 0.29) is 11.3 Å². The highest BCUT2D eigenvalue weighted by atomic mass is 35.5. The molecule has 0 fully saturated rings. The molecule has 2 aromatic carbocycles. The first-order valence-corrected chi connectivity index (χ1v) is 6.55. The number of rotatable bonds is 4. The van der Waals surface area contributed by atoms with Crippen molar-refractivity contribution in [2.45, 2.75) is 0 Å². The lowest BCUT2D eigenvalue weighted by Crippen LogP contribution is -2.15. The van der Waals surface area contributed by atoms with Gasteiger partial charge in [0.15, 0.2) is 0 Å². The van der Waals surface area contributed by atoms with Crippen LogP contribution in [0.4, 0.5) is 15.8 Å². The lowest BCUT2D eigenvalue weighted by atomic mass is 10.1. The zero-order valence-corrected chi connectivity index (χ0v) is 12.3. The average Bonchev–Trinajstić information content (AvgIpc) is 2.49. The van der Waals surface area contributed by atoms with Gasteiger partial charge in [0.2, 0.25) is 0 Å². The normalized spacial score (nSPS) is 10.1. The molecule has 0 heterocycles. The van der Waals surface area contributed by atoms with Crippen molar-refractivity contribution in [2.75, 3.05) is 24.8 Å². The van der Waals surface area contributed by atoms with E-state index in [4.69, 9.17) is 16.3 Å². The summed E-state index contributed by atoms with van der Waals surface area (Å²) < 4.78 is 18.7. The Hall–Kier alpha value is -2.27. The highest BCUT2D eigenvalue weighted by Gasteiger charge is 2.15. The Morgan fingerprint density at radius 1 is 1.29 bits per heavy atom. The van der Waals surface area contributed by atoms with Crippen molar-refractivity contribution >= 4 is 28.9 Å². The number of ether oxygens (including phenoxy) is 1. The van der Waals surface area contributed by atoms with Gasteiger partial charge < -0.3 is 15.4 Å². The second-order valence-corrected chi connectivity index (χ2v) is 4.62. The molecule has 0 bridgehead atoms. The number of halogens is 2. The van der Waals surface area contributed by atoms with Gasteiger partial charge in [-0.25, -0.2) is 4.39 Å². The summed E-state index contributed by atoms with van der Waals surface area (Å²) in [5.41, 5.74) is 0.720. The minimum Gasteiger partial charge on any atom is -0.497 e. The highest BCUT2D eigenvalue weighted by Crippen LogP contribution is 2.28. The van der Waals surface area contributed by atoms with Gasteiger partial charge in [-0.15, -0.1) is 0 Å². The summed E-state index contributed by atoms with van der Waals surface area (Å²) in [4.78, 5) is 12.3. The lowest BCUT2D eigenvalue weighted by molar-refractivity contribution is 0.102. The molecule has 0 aliphatic carbocycles. The maximum Gasteiger partial charge on any atom is 0.257 e. The molecule has 0 aliphatic heterocycles. The molecule has 0 saturated carbocycles. The molecule has 0 aliphatic rings. The second-order valence-electron chi connectivity index (χ2n) is 4.21. The van der Waals surface area contributed by atoms with Gasteiger partial charge in [-0.1, -0.05) is 17.7 Å². The number of anilines is 2. The molecule has 2 aromatic rings. The number of carbonyl (C=O) groups is 1. The van der Waals surface area contributed by atoms with Gasteiger partial charge in [0, 0.05) is 13.1 Å². The molecule has 0 radical (unpaired) electrons. The molecule has 2 rings (SSSR count). The Bertz CT molecular complexity index is 677.